The van der Waals surface area contributed by atoms with Crippen molar-refractivity contribution in [2.24, 2.45) is 0 Å². The zero-order valence-corrected chi connectivity index (χ0v) is 16.1. The average molecular weight is 416 g/mol. The van der Waals surface area contributed by atoms with Crippen LogP contribution in [-0.2, 0) is 11.3 Å². The highest BCUT2D eigenvalue weighted by Crippen LogP contribution is 2.33. The largest absolute Gasteiger partial charge is 0.493 e. The molecule has 2 aromatic carbocycles. The third-order valence-electron chi connectivity index (χ3n) is 3.66. The molecular weight excluding hydrogens is 399 g/mol. The smallest absolute Gasteiger partial charge is 0.387 e. The SMILES string of the molecule is COc1cccc(C=CC(=O)N(C)Cc2cccc(Cl)c2Cl)c1OC(F)F. The first-order valence-corrected chi connectivity index (χ1v) is 8.57. The number of benzene rings is 2. The van der Waals surface area contributed by atoms with Crippen LogP contribution in [-0.4, -0.2) is 31.6 Å². The molecule has 0 saturated carbocycles. The van der Waals surface area contributed by atoms with E-state index in [1.165, 1.54) is 36.3 Å². The van der Waals surface area contributed by atoms with Gasteiger partial charge in [0.05, 0.1) is 17.2 Å². The summed E-state index contributed by atoms with van der Waals surface area (Å²) in [6, 6.07) is 9.79. The number of amides is 1. The molecule has 0 radical (unpaired) electrons. The van der Waals surface area contributed by atoms with Crippen molar-refractivity contribution in [3.05, 3.63) is 63.6 Å². The molecule has 1 amide bonds. The highest BCUT2D eigenvalue weighted by Gasteiger charge is 2.15. The minimum absolute atomic E-state index is 0.139. The minimum Gasteiger partial charge on any atom is -0.493 e. The molecule has 2 aromatic rings. The van der Waals surface area contributed by atoms with E-state index in [1.54, 1.807) is 31.3 Å². The number of nitrogens with zero attached hydrogens (tertiary/aromatic N) is 1. The molecule has 0 spiro atoms. The molecule has 2 rings (SSSR count). The molecule has 0 heterocycles. The number of halogens is 4. The Labute approximate surface area is 165 Å². The second kappa shape index (κ2) is 9.58. The molecule has 27 heavy (non-hydrogen) atoms. The molecule has 0 aliphatic heterocycles. The van der Waals surface area contributed by atoms with Crippen LogP contribution in [0.1, 0.15) is 11.1 Å². The number of carbonyl (C=O) groups excluding carboxylic acids is 1. The maximum absolute atomic E-state index is 12.7. The summed E-state index contributed by atoms with van der Waals surface area (Å²) in [5, 5.41) is 0.777. The molecule has 0 bridgehead atoms. The number of alkyl halides is 2. The molecule has 0 N–H and O–H groups in total. The molecule has 144 valence electrons. The topological polar surface area (TPSA) is 38.8 Å². The van der Waals surface area contributed by atoms with Crippen molar-refractivity contribution in [2.45, 2.75) is 13.2 Å². The Morgan fingerprint density at radius 2 is 1.93 bits per heavy atom. The minimum atomic E-state index is -3.02. The molecule has 0 aromatic heterocycles. The number of hydrogen-bond acceptors (Lipinski definition) is 3. The number of likely N-dealkylation sites (N-methyl/N-ethyl adjacent to an activating group) is 1. The summed E-state index contributed by atoms with van der Waals surface area (Å²) in [4.78, 5) is 13.8. The van der Waals surface area contributed by atoms with E-state index in [4.69, 9.17) is 27.9 Å². The van der Waals surface area contributed by atoms with Gasteiger partial charge in [0.1, 0.15) is 0 Å². The van der Waals surface area contributed by atoms with Crippen LogP contribution >= 0.6 is 23.2 Å². The Kier molecular flexibility index (Phi) is 7.45. The third kappa shape index (κ3) is 5.58. The fourth-order valence-corrected chi connectivity index (χ4v) is 2.71. The molecule has 0 aliphatic carbocycles. The van der Waals surface area contributed by atoms with Crippen LogP contribution in [0.4, 0.5) is 8.78 Å². The van der Waals surface area contributed by atoms with E-state index in [9.17, 15) is 13.6 Å². The molecule has 0 atom stereocenters. The molecule has 8 heteroatoms. The van der Waals surface area contributed by atoms with Gasteiger partial charge in [-0.1, -0.05) is 47.5 Å². The van der Waals surface area contributed by atoms with E-state index in [0.717, 1.165) is 0 Å². The second-order valence-corrected chi connectivity index (χ2v) is 6.28. The van der Waals surface area contributed by atoms with Crippen LogP contribution in [0, 0.1) is 0 Å². The molecule has 0 fully saturated rings. The van der Waals surface area contributed by atoms with E-state index in [0.29, 0.717) is 15.6 Å². The fraction of sp³-hybridized carbons (Fsp3) is 0.211. The maximum atomic E-state index is 12.7. The van der Waals surface area contributed by atoms with Gasteiger partial charge >= 0.3 is 6.61 Å². The van der Waals surface area contributed by atoms with Crippen molar-refractivity contribution >= 4 is 35.2 Å². The second-order valence-electron chi connectivity index (χ2n) is 5.50. The highest BCUT2D eigenvalue weighted by molar-refractivity contribution is 6.42. The van der Waals surface area contributed by atoms with E-state index < -0.39 is 6.61 Å². The number of methoxy groups -OCH3 is 1. The van der Waals surface area contributed by atoms with Crippen molar-refractivity contribution in [1.29, 1.82) is 0 Å². The predicted octanol–water partition coefficient (Wildman–Crippen LogP) is 5.28. The molecule has 0 saturated heterocycles. The Morgan fingerprint density at radius 1 is 1.22 bits per heavy atom. The summed E-state index contributed by atoms with van der Waals surface area (Å²) in [6.07, 6.45) is 2.64. The number of ether oxygens (including phenoxy) is 2. The zero-order chi connectivity index (χ0) is 20.0. The van der Waals surface area contributed by atoms with Crippen molar-refractivity contribution in [2.75, 3.05) is 14.2 Å². The van der Waals surface area contributed by atoms with Crippen molar-refractivity contribution < 1.29 is 23.0 Å². The standard InChI is InChI=1S/C19H17Cl2F2NO3/c1-24(11-13-6-3-7-14(20)17(13)21)16(25)10-9-12-5-4-8-15(26-2)18(12)27-19(22)23/h3-10,19H,11H2,1-2H3. The van der Waals surface area contributed by atoms with Gasteiger partial charge in [-0.05, 0) is 23.8 Å². The van der Waals surface area contributed by atoms with Crippen LogP contribution in [0.25, 0.3) is 6.08 Å². The van der Waals surface area contributed by atoms with Gasteiger partial charge in [-0.3, -0.25) is 4.79 Å². The van der Waals surface area contributed by atoms with E-state index in [-0.39, 0.29) is 29.5 Å². The average Bonchev–Trinajstić information content (AvgIpc) is 2.63. The molecular formula is C19H17Cl2F2NO3. The van der Waals surface area contributed by atoms with Gasteiger partial charge in [-0.25, -0.2) is 0 Å². The van der Waals surface area contributed by atoms with Gasteiger partial charge in [-0.15, -0.1) is 0 Å². The lowest BCUT2D eigenvalue weighted by atomic mass is 10.1. The monoisotopic (exact) mass is 415 g/mol. The van der Waals surface area contributed by atoms with Gasteiger partial charge < -0.3 is 14.4 Å². The van der Waals surface area contributed by atoms with Crippen LogP contribution in [0.3, 0.4) is 0 Å². The van der Waals surface area contributed by atoms with Crippen LogP contribution in [0.15, 0.2) is 42.5 Å². The summed E-state index contributed by atoms with van der Waals surface area (Å²) >= 11 is 12.1. The van der Waals surface area contributed by atoms with E-state index in [1.807, 2.05) is 0 Å². The molecule has 0 unspecified atom stereocenters. The first kappa shape index (κ1) is 21.0. The van der Waals surface area contributed by atoms with Crippen molar-refractivity contribution in [3.8, 4) is 11.5 Å². The molecule has 4 nitrogen and oxygen atoms in total. The van der Waals surface area contributed by atoms with Gasteiger partial charge in [0.25, 0.3) is 0 Å². The number of carbonyl (C=O) groups is 1. The predicted molar refractivity (Wildman–Crippen MR) is 102 cm³/mol. The summed E-state index contributed by atoms with van der Waals surface area (Å²) in [7, 11) is 2.93. The summed E-state index contributed by atoms with van der Waals surface area (Å²) < 4.78 is 34.9. The third-order valence-corrected chi connectivity index (χ3v) is 4.52. The number of rotatable bonds is 7. The summed E-state index contributed by atoms with van der Waals surface area (Å²) in [6.45, 7) is -2.78. The number of para-hydroxylation sites is 1. The van der Waals surface area contributed by atoms with Crippen molar-refractivity contribution in [1.82, 2.24) is 4.90 Å². The summed E-state index contributed by atoms with van der Waals surface area (Å²) in [5.74, 6) is -0.347. The van der Waals surface area contributed by atoms with Gasteiger partial charge in [0, 0.05) is 25.2 Å². The van der Waals surface area contributed by atoms with Crippen LogP contribution in [0.5, 0.6) is 11.5 Å². The summed E-state index contributed by atoms with van der Waals surface area (Å²) in [5.41, 5.74) is 0.980. The van der Waals surface area contributed by atoms with Crippen molar-refractivity contribution in [3.63, 3.8) is 0 Å². The Balaban J connectivity index is 2.17. The quantitative estimate of drug-likeness (QED) is 0.577. The Bertz CT molecular complexity index is 844. The Morgan fingerprint density at radius 3 is 2.59 bits per heavy atom. The van der Waals surface area contributed by atoms with Crippen LogP contribution < -0.4 is 9.47 Å². The lowest BCUT2D eigenvalue weighted by Gasteiger charge is -2.17. The Hall–Kier alpha value is -2.31. The van der Waals surface area contributed by atoms with E-state index in [2.05, 4.69) is 4.74 Å². The van der Waals surface area contributed by atoms with Crippen LogP contribution in [0.2, 0.25) is 10.0 Å². The fourth-order valence-electron chi connectivity index (χ4n) is 2.33. The maximum Gasteiger partial charge on any atom is 0.387 e. The lowest BCUT2D eigenvalue weighted by Crippen LogP contribution is -2.24. The molecule has 0 aliphatic rings. The normalized spacial score (nSPS) is 11.1. The van der Waals surface area contributed by atoms with Gasteiger partial charge in [0.15, 0.2) is 11.5 Å². The first-order chi connectivity index (χ1) is 12.8. The van der Waals surface area contributed by atoms with E-state index >= 15 is 0 Å². The lowest BCUT2D eigenvalue weighted by molar-refractivity contribution is -0.125. The number of hydrogen-bond donors (Lipinski definition) is 0. The highest BCUT2D eigenvalue weighted by atomic mass is 35.5. The first-order valence-electron chi connectivity index (χ1n) is 7.81. The van der Waals surface area contributed by atoms with Gasteiger partial charge in [0.2, 0.25) is 5.91 Å². The zero-order valence-electron chi connectivity index (χ0n) is 14.6. The van der Waals surface area contributed by atoms with Gasteiger partial charge in [-0.2, -0.15) is 8.78 Å².